The Morgan fingerprint density at radius 1 is 1.55 bits per heavy atom. The van der Waals surface area contributed by atoms with Crippen LogP contribution in [0.3, 0.4) is 0 Å². The molecule has 108 valence electrons. The van der Waals surface area contributed by atoms with Crippen molar-refractivity contribution < 1.29 is 19.5 Å². The summed E-state index contributed by atoms with van der Waals surface area (Å²) in [6.45, 7) is -0.357. The number of likely N-dealkylation sites (N-methyl/N-ethyl adjacent to an activating group) is 1. The number of thiophene rings is 1. The van der Waals surface area contributed by atoms with Crippen LogP contribution in [0.25, 0.3) is 0 Å². The van der Waals surface area contributed by atoms with Gasteiger partial charge in [-0.05, 0) is 11.4 Å². The van der Waals surface area contributed by atoms with Crippen LogP contribution in [0.4, 0.5) is 0 Å². The molecule has 0 aliphatic carbocycles. The van der Waals surface area contributed by atoms with Crippen molar-refractivity contribution in [3.8, 4) is 0 Å². The van der Waals surface area contributed by atoms with Gasteiger partial charge in [0.15, 0.2) is 0 Å². The number of likely N-dealkylation sites (tertiary alicyclic amines) is 1. The van der Waals surface area contributed by atoms with E-state index in [2.05, 4.69) is 0 Å². The van der Waals surface area contributed by atoms with Gasteiger partial charge in [-0.15, -0.1) is 11.3 Å². The smallest absolute Gasteiger partial charge is 0.323 e. The molecule has 2 rings (SSSR count). The van der Waals surface area contributed by atoms with Gasteiger partial charge in [-0.3, -0.25) is 14.4 Å². The molecule has 1 aromatic rings. The number of carboxylic acid groups (broad SMARTS) is 1. The zero-order valence-electron chi connectivity index (χ0n) is 11.3. The summed E-state index contributed by atoms with van der Waals surface area (Å²) in [5.74, 6) is -1.98. The molecule has 1 aliphatic rings. The first-order valence-electron chi connectivity index (χ1n) is 6.17. The van der Waals surface area contributed by atoms with E-state index in [1.54, 1.807) is 11.9 Å². The fourth-order valence-electron chi connectivity index (χ4n) is 2.50. The van der Waals surface area contributed by atoms with Gasteiger partial charge in [0, 0.05) is 25.4 Å². The molecule has 1 fully saturated rings. The van der Waals surface area contributed by atoms with Gasteiger partial charge < -0.3 is 14.9 Å². The largest absolute Gasteiger partial charge is 0.480 e. The first-order chi connectivity index (χ1) is 9.41. The Hall–Kier alpha value is -1.89. The van der Waals surface area contributed by atoms with Gasteiger partial charge in [-0.2, -0.15) is 0 Å². The molecule has 6 nitrogen and oxygen atoms in total. The van der Waals surface area contributed by atoms with E-state index in [-0.39, 0.29) is 30.8 Å². The van der Waals surface area contributed by atoms with Gasteiger partial charge in [-0.25, -0.2) is 0 Å². The third-order valence-electron chi connectivity index (χ3n) is 3.49. The van der Waals surface area contributed by atoms with Gasteiger partial charge in [0.1, 0.15) is 6.54 Å². The van der Waals surface area contributed by atoms with E-state index < -0.39 is 11.9 Å². The second-order valence-electron chi connectivity index (χ2n) is 4.86. The van der Waals surface area contributed by atoms with E-state index in [1.807, 2.05) is 17.5 Å². The van der Waals surface area contributed by atoms with Crippen LogP contribution in [0.15, 0.2) is 17.5 Å². The number of hydrogen-bond acceptors (Lipinski definition) is 4. The average molecular weight is 296 g/mol. The maximum atomic E-state index is 12.4. The van der Waals surface area contributed by atoms with E-state index in [9.17, 15) is 14.4 Å². The fraction of sp³-hybridized carbons (Fsp3) is 0.462. The van der Waals surface area contributed by atoms with Gasteiger partial charge in [0.05, 0.1) is 12.0 Å². The van der Waals surface area contributed by atoms with Crippen molar-refractivity contribution in [2.45, 2.75) is 12.5 Å². The van der Waals surface area contributed by atoms with Crippen molar-refractivity contribution in [3.63, 3.8) is 0 Å². The quantitative estimate of drug-likeness (QED) is 0.892. The normalized spacial score (nSPS) is 22.1. The number of hydrogen-bond donors (Lipinski definition) is 1. The lowest BCUT2D eigenvalue weighted by Crippen LogP contribution is -2.38. The van der Waals surface area contributed by atoms with Crippen LogP contribution < -0.4 is 0 Å². The Balaban J connectivity index is 2.23. The fourth-order valence-corrected chi connectivity index (χ4v) is 3.44. The molecule has 2 amide bonds. The van der Waals surface area contributed by atoms with Crippen LogP contribution in [0, 0.1) is 5.92 Å². The van der Waals surface area contributed by atoms with Crippen molar-refractivity contribution in [1.82, 2.24) is 9.80 Å². The monoisotopic (exact) mass is 296 g/mol. The molecular weight excluding hydrogens is 280 g/mol. The molecular formula is C13H16N2O4S. The number of aliphatic carboxylic acids is 1. The lowest BCUT2D eigenvalue weighted by Gasteiger charge is -2.26. The summed E-state index contributed by atoms with van der Waals surface area (Å²) in [4.78, 5) is 38.6. The highest BCUT2D eigenvalue weighted by Crippen LogP contribution is 2.39. The number of carbonyl (C=O) groups excluding carboxylic acids is 2. The maximum Gasteiger partial charge on any atom is 0.323 e. The highest BCUT2D eigenvalue weighted by Gasteiger charge is 2.44. The molecule has 1 aromatic heterocycles. The Labute approximate surface area is 120 Å². The lowest BCUT2D eigenvalue weighted by molar-refractivity contribution is -0.145. The predicted molar refractivity (Wildman–Crippen MR) is 73.2 cm³/mol. The van der Waals surface area contributed by atoms with Crippen LogP contribution in [0.5, 0.6) is 0 Å². The second-order valence-corrected chi connectivity index (χ2v) is 5.84. The van der Waals surface area contributed by atoms with Crippen molar-refractivity contribution >= 4 is 29.1 Å². The first-order valence-corrected chi connectivity index (χ1v) is 7.05. The van der Waals surface area contributed by atoms with Crippen LogP contribution >= 0.6 is 11.3 Å². The zero-order valence-corrected chi connectivity index (χ0v) is 12.1. The third kappa shape index (κ3) is 2.67. The number of rotatable bonds is 4. The minimum Gasteiger partial charge on any atom is -0.480 e. The molecule has 0 bridgehead atoms. The Morgan fingerprint density at radius 2 is 2.25 bits per heavy atom. The molecule has 0 unspecified atom stereocenters. The van der Waals surface area contributed by atoms with E-state index in [4.69, 9.17) is 5.11 Å². The van der Waals surface area contributed by atoms with Crippen molar-refractivity contribution in [3.05, 3.63) is 22.4 Å². The van der Waals surface area contributed by atoms with Gasteiger partial charge in [0.2, 0.25) is 11.8 Å². The summed E-state index contributed by atoms with van der Waals surface area (Å²) in [5.41, 5.74) is 0. The Morgan fingerprint density at radius 3 is 2.80 bits per heavy atom. The minimum atomic E-state index is -1.06. The second kappa shape index (κ2) is 5.62. The molecule has 2 heterocycles. The molecule has 0 spiro atoms. The van der Waals surface area contributed by atoms with Crippen LogP contribution in [-0.2, 0) is 14.4 Å². The van der Waals surface area contributed by atoms with Crippen LogP contribution in [-0.4, -0.2) is 53.3 Å². The number of carbonyl (C=O) groups is 3. The number of carboxylic acids is 1. The average Bonchev–Trinajstić information content (AvgIpc) is 2.97. The summed E-state index contributed by atoms with van der Waals surface area (Å²) in [5, 5.41) is 10.7. The van der Waals surface area contributed by atoms with E-state index in [0.717, 1.165) is 4.88 Å². The van der Waals surface area contributed by atoms with Crippen molar-refractivity contribution in [1.29, 1.82) is 0 Å². The molecule has 1 saturated heterocycles. The predicted octanol–water partition coefficient (Wildman–Crippen LogP) is 0.810. The number of nitrogens with zero attached hydrogens (tertiary/aromatic N) is 2. The molecule has 1 aliphatic heterocycles. The highest BCUT2D eigenvalue weighted by molar-refractivity contribution is 7.10. The topological polar surface area (TPSA) is 77.9 Å². The molecule has 0 aromatic carbocycles. The molecule has 20 heavy (non-hydrogen) atoms. The SMILES string of the molecule is CN(CC(=O)O)C(=O)[C@H]1CC(=O)N(C)[C@H]1c1cccs1. The van der Waals surface area contributed by atoms with Crippen molar-refractivity contribution in [2.24, 2.45) is 5.92 Å². The summed E-state index contributed by atoms with van der Waals surface area (Å²) >= 11 is 1.49. The molecule has 2 atom stereocenters. The molecule has 0 saturated carbocycles. The van der Waals surface area contributed by atoms with Gasteiger partial charge in [0.25, 0.3) is 0 Å². The Kier molecular flexibility index (Phi) is 4.08. The standard InChI is InChI=1S/C13H16N2O4S/c1-14(7-11(17)18)13(19)8-6-10(16)15(2)12(8)9-4-3-5-20-9/h3-5,8,12H,6-7H2,1-2H3,(H,17,18)/t8-,12+/m0/s1. The molecule has 1 N–H and O–H groups in total. The van der Waals surface area contributed by atoms with Gasteiger partial charge in [-0.1, -0.05) is 6.07 Å². The third-order valence-corrected chi connectivity index (χ3v) is 4.43. The van der Waals surface area contributed by atoms with Gasteiger partial charge >= 0.3 is 5.97 Å². The molecule has 7 heteroatoms. The minimum absolute atomic E-state index is 0.0922. The summed E-state index contributed by atoms with van der Waals surface area (Å²) in [6, 6.07) is 3.47. The Bertz CT molecular complexity index is 528. The summed E-state index contributed by atoms with van der Waals surface area (Å²) in [6.07, 6.45) is 0.127. The zero-order chi connectivity index (χ0) is 14.9. The first kappa shape index (κ1) is 14.5. The lowest BCUT2D eigenvalue weighted by atomic mass is 9.97. The van der Waals surface area contributed by atoms with E-state index >= 15 is 0 Å². The van der Waals surface area contributed by atoms with Crippen molar-refractivity contribution in [2.75, 3.05) is 20.6 Å². The number of amides is 2. The maximum absolute atomic E-state index is 12.4. The summed E-state index contributed by atoms with van der Waals surface area (Å²) in [7, 11) is 3.13. The van der Waals surface area contributed by atoms with E-state index in [1.165, 1.54) is 23.3 Å². The van der Waals surface area contributed by atoms with E-state index in [0.29, 0.717) is 0 Å². The highest BCUT2D eigenvalue weighted by atomic mass is 32.1. The summed E-state index contributed by atoms with van der Waals surface area (Å²) < 4.78 is 0. The van der Waals surface area contributed by atoms with Crippen LogP contribution in [0.2, 0.25) is 0 Å². The molecule has 0 radical (unpaired) electrons. The van der Waals surface area contributed by atoms with Crippen LogP contribution in [0.1, 0.15) is 17.3 Å².